The average molecular weight is 532 g/mol. The highest BCUT2D eigenvalue weighted by Gasteiger charge is 2.29. The zero-order chi connectivity index (χ0) is 28.2. The third-order valence-electron chi connectivity index (χ3n) is 6.45. The number of hydrogen-bond acceptors (Lipinski definition) is 6. The summed E-state index contributed by atoms with van der Waals surface area (Å²) in [6.07, 6.45) is -0.881. The predicted octanol–water partition coefficient (Wildman–Crippen LogP) is 5.84. The maximum absolute atomic E-state index is 12.8. The summed E-state index contributed by atoms with van der Waals surface area (Å²) < 4.78 is 16.4. The molecule has 0 saturated carbocycles. The molecule has 1 aliphatic carbocycles. The third-order valence-corrected chi connectivity index (χ3v) is 6.45. The lowest BCUT2D eigenvalue weighted by atomic mass is 9.98. The highest BCUT2D eigenvalue weighted by atomic mass is 16.6. The van der Waals surface area contributed by atoms with Crippen molar-refractivity contribution in [1.29, 1.82) is 0 Å². The first-order valence-corrected chi connectivity index (χ1v) is 12.8. The molecule has 8 nitrogen and oxygen atoms in total. The standard InChI is InChI=1S/C31H33NO7/c1-19-20(15-28(33)34)13-22(14-21(19)16-37-18-29(35)39-31(2,3)4)32-30(36)38-17-27-25-11-7-5-9-23(25)24-10-6-8-12-26(24)27/h5-14,27H,15-18H2,1-4H3,(H,32,36)(H,33,34). The van der Waals surface area contributed by atoms with Crippen LogP contribution < -0.4 is 5.32 Å². The van der Waals surface area contributed by atoms with Crippen LogP contribution in [0.1, 0.15) is 54.5 Å². The van der Waals surface area contributed by atoms with E-state index in [9.17, 15) is 19.5 Å². The van der Waals surface area contributed by atoms with Gasteiger partial charge in [0.05, 0.1) is 13.0 Å². The summed E-state index contributed by atoms with van der Waals surface area (Å²) in [5.41, 5.74) is 6.11. The molecule has 204 valence electrons. The molecule has 0 saturated heterocycles. The van der Waals surface area contributed by atoms with Gasteiger partial charge in [0.25, 0.3) is 0 Å². The number of carbonyl (C=O) groups excluding carboxylic acids is 2. The van der Waals surface area contributed by atoms with E-state index in [2.05, 4.69) is 17.4 Å². The van der Waals surface area contributed by atoms with E-state index in [0.717, 1.165) is 22.3 Å². The van der Waals surface area contributed by atoms with E-state index in [-0.39, 0.29) is 32.2 Å². The van der Waals surface area contributed by atoms with Gasteiger partial charge in [-0.15, -0.1) is 0 Å². The number of carboxylic acid groups (broad SMARTS) is 1. The summed E-state index contributed by atoms with van der Waals surface area (Å²) in [5.74, 6) is -1.59. The zero-order valence-electron chi connectivity index (χ0n) is 22.6. The highest BCUT2D eigenvalue weighted by molar-refractivity contribution is 5.86. The SMILES string of the molecule is Cc1c(COCC(=O)OC(C)(C)C)cc(NC(=O)OCC2c3ccccc3-c3ccccc32)cc1CC(=O)O. The molecule has 0 bridgehead atoms. The minimum absolute atomic E-state index is 0.0396. The molecule has 39 heavy (non-hydrogen) atoms. The molecule has 3 aromatic rings. The maximum Gasteiger partial charge on any atom is 0.411 e. The molecule has 0 spiro atoms. The fourth-order valence-corrected chi connectivity index (χ4v) is 4.78. The number of rotatable bonds is 9. The van der Waals surface area contributed by atoms with Gasteiger partial charge in [-0.05, 0) is 78.8 Å². The smallest absolute Gasteiger partial charge is 0.411 e. The number of fused-ring (bicyclic) bond motifs is 3. The maximum atomic E-state index is 12.8. The van der Waals surface area contributed by atoms with Gasteiger partial charge in [0.15, 0.2) is 0 Å². The molecule has 0 radical (unpaired) electrons. The number of ether oxygens (including phenoxy) is 3. The molecule has 1 amide bonds. The fourth-order valence-electron chi connectivity index (χ4n) is 4.78. The minimum atomic E-state index is -1.00. The molecule has 0 aromatic heterocycles. The lowest BCUT2D eigenvalue weighted by Gasteiger charge is -2.19. The van der Waals surface area contributed by atoms with E-state index >= 15 is 0 Å². The Hall–Kier alpha value is -4.17. The van der Waals surface area contributed by atoms with Crippen LogP contribution >= 0.6 is 0 Å². The quantitative estimate of drug-likeness (QED) is 0.334. The molecule has 1 aliphatic rings. The van der Waals surface area contributed by atoms with E-state index in [4.69, 9.17) is 14.2 Å². The van der Waals surface area contributed by atoms with Gasteiger partial charge < -0.3 is 19.3 Å². The Kier molecular flexibility index (Phi) is 8.35. The molecule has 2 N–H and O–H groups in total. The second kappa shape index (κ2) is 11.7. The van der Waals surface area contributed by atoms with Crippen molar-refractivity contribution in [3.05, 3.63) is 88.5 Å². The molecule has 0 atom stereocenters. The Bertz CT molecular complexity index is 1340. The van der Waals surface area contributed by atoms with Crippen molar-refractivity contribution in [2.24, 2.45) is 0 Å². The average Bonchev–Trinajstić information content (AvgIpc) is 3.17. The van der Waals surface area contributed by atoms with Crippen molar-refractivity contribution < 1.29 is 33.7 Å². The number of aliphatic carboxylic acids is 1. The van der Waals surface area contributed by atoms with E-state index in [1.165, 1.54) is 0 Å². The predicted molar refractivity (Wildman–Crippen MR) is 147 cm³/mol. The van der Waals surface area contributed by atoms with Gasteiger partial charge in [-0.2, -0.15) is 0 Å². The molecular weight excluding hydrogens is 498 g/mol. The second-order valence-electron chi connectivity index (χ2n) is 10.5. The molecule has 0 heterocycles. The number of esters is 1. The van der Waals surface area contributed by atoms with E-state index in [1.807, 2.05) is 36.4 Å². The van der Waals surface area contributed by atoms with E-state index in [0.29, 0.717) is 22.4 Å². The van der Waals surface area contributed by atoms with Gasteiger partial charge in [-0.3, -0.25) is 10.1 Å². The topological polar surface area (TPSA) is 111 Å². The Morgan fingerprint density at radius 2 is 1.51 bits per heavy atom. The molecule has 0 aliphatic heterocycles. The number of amides is 1. The van der Waals surface area contributed by atoms with Crippen LogP contribution in [0.15, 0.2) is 60.7 Å². The number of anilines is 1. The largest absolute Gasteiger partial charge is 0.481 e. The summed E-state index contributed by atoms with van der Waals surface area (Å²) in [6, 6.07) is 19.5. The highest BCUT2D eigenvalue weighted by Crippen LogP contribution is 2.44. The van der Waals surface area contributed by atoms with Crippen LogP contribution in [0.3, 0.4) is 0 Å². The first-order valence-electron chi connectivity index (χ1n) is 12.8. The van der Waals surface area contributed by atoms with Gasteiger partial charge in [-0.1, -0.05) is 48.5 Å². The van der Waals surface area contributed by atoms with Gasteiger partial charge in [0, 0.05) is 11.6 Å². The second-order valence-corrected chi connectivity index (χ2v) is 10.5. The molecule has 4 rings (SSSR count). The Morgan fingerprint density at radius 1 is 0.923 bits per heavy atom. The fraction of sp³-hybridized carbons (Fsp3) is 0.323. The molecule has 0 unspecified atom stereocenters. The van der Waals surface area contributed by atoms with Crippen LogP contribution in [0.5, 0.6) is 0 Å². The van der Waals surface area contributed by atoms with Crippen molar-refractivity contribution in [3.8, 4) is 11.1 Å². The molecule has 3 aromatic carbocycles. The Labute approximate surface area is 227 Å². The van der Waals surface area contributed by atoms with Crippen molar-refractivity contribution in [1.82, 2.24) is 0 Å². The van der Waals surface area contributed by atoms with Crippen LogP contribution in [0, 0.1) is 6.92 Å². The first-order chi connectivity index (χ1) is 18.5. The minimum Gasteiger partial charge on any atom is -0.481 e. The summed E-state index contributed by atoms with van der Waals surface area (Å²) in [7, 11) is 0. The Balaban J connectivity index is 1.44. The summed E-state index contributed by atoms with van der Waals surface area (Å²) in [4.78, 5) is 36.3. The van der Waals surface area contributed by atoms with Crippen LogP contribution in [-0.2, 0) is 36.8 Å². The summed E-state index contributed by atoms with van der Waals surface area (Å²) in [5, 5.41) is 12.1. The van der Waals surface area contributed by atoms with Crippen LogP contribution in [-0.4, -0.2) is 42.0 Å². The summed E-state index contributed by atoms with van der Waals surface area (Å²) >= 11 is 0. The number of carbonyl (C=O) groups is 3. The number of nitrogens with one attached hydrogen (secondary N) is 1. The van der Waals surface area contributed by atoms with Crippen molar-refractivity contribution >= 4 is 23.7 Å². The van der Waals surface area contributed by atoms with E-state index < -0.39 is 23.6 Å². The van der Waals surface area contributed by atoms with Crippen molar-refractivity contribution in [2.45, 2.75) is 52.2 Å². The van der Waals surface area contributed by atoms with Gasteiger partial charge in [0.1, 0.15) is 18.8 Å². The molecule has 8 heteroatoms. The summed E-state index contributed by atoms with van der Waals surface area (Å²) in [6.45, 7) is 7.02. The van der Waals surface area contributed by atoms with Crippen LogP contribution in [0.4, 0.5) is 10.5 Å². The number of carboxylic acids is 1. The van der Waals surface area contributed by atoms with Crippen LogP contribution in [0.2, 0.25) is 0 Å². The van der Waals surface area contributed by atoms with Gasteiger partial charge in [-0.25, -0.2) is 9.59 Å². The van der Waals surface area contributed by atoms with E-state index in [1.54, 1.807) is 39.8 Å². The molecule has 0 fully saturated rings. The van der Waals surface area contributed by atoms with Crippen LogP contribution in [0.25, 0.3) is 11.1 Å². The Morgan fingerprint density at radius 3 is 2.10 bits per heavy atom. The third kappa shape index (κ3) is 7.03. The number of hydrogen-bond donors (Lipinski definition) is 2. The number of benzene rings is 3. The lowest BCUT2D eigenvalue weighted by molar-refractivity contribution is -0.160. The molecular formula is C31H33NO7. The zero-order valence-corrected chi connectivity index (χ0v) is 22.6. The van der Waals surface area contributed by atoms with Crippen molar-refractivity contribution in [3.63, 3.8) is 0 Å². The van der Waals surface area contributed by atoms with Gasteiger partial charge in [0.2, 0.25) is 0 Å². The first kappa shape index (κ1) is 27.9. The normalized spacial score (nSPS) is 12.4. The monoisotopic (exact) mass is 531 g/mol. The van der Waals surface area contributed by atoms with Gasteiger partial charge >= 0.3 is 18.0 Å². The lowest BCUT2D eigenvalue weighted by Crippen LogP contribution is -2.26. The van der Waals surface area contributed by atoms with Crippen molar-refractivity contribution in [2.75, 3.05) is 18.5 Å².